The second-order valence-electron chi connectivity index (χ2n) is 5.72. The van der Waals surface area contributed by atoms with Crippen LogP contribution < -0.4 is 5.32 Å². The maximum atomic E-state index is 11.4. The van der Waals surface area contributed by atoms with Crippen LogP contribution in [0.25, 0.3) is 0 Å². The minimum absolute atomic E-state index is 0.0656. The Labute approximate surface area is 98.6 Å². The zero-order chi connectivity index (χ0) is 12.3. The lowest BCUT2D eigenvalue weighted by Gasteiger charge is -2.42. The molecule has 1 aliphatic rings. The first kappa shape index (κ1) is 13.5. The van der Waals surface area contributed by atoms with Gasteiger partial charge in [0, 0.05) is 17.9 Å². The predicted octanol–water partition coefficient (Wildman–Crippen LogP) is 2.09. The Morgan fingerprint density at radius 1 is 1.44 bits per heavy atom. The van der Waals surface area contributed by atoms with Crippen molar-refractivity contribution >= 4 is 5.91 Å². The summed E-state index contributed by atoms with van der Waals surface area (Å²) in [4.78, 5) is 11.4. The van der Waals surface area contributed by atoms with Crippen LogP contribution >= 0.6 is 0 Å². The van der Waals surface area contributed by atoms with Gasteiger partial charge in [-0.3, -0.25) is 4.79 Å². The van der Waals surface area contributed by atoms with Crippen molar-refractivity contribution in [1.29, 1.82) is 0 Å². The van der Waals surface area contributed by atoms with Gasteiger partial charge in [0.2, 0.25) is 5.91 Å². The minimum atomic E-state index is -0.299. The largest absolute Gasteiger partial charge is 0.393 e. The number of carbonyl (C=O) groups is 1. The molecule has 0 aliphatic heterocycles. The Hall–Kier alpha value is -0.570. The van der Waals surface area contributed by atoms with Gasteiger partial charge in [0.1, 0.15) is 0 Å². The molecule has 0 aromatic rings. The third-order valence-corrected chi connectivity index (χ3v) is 3.79. The molecule has 0 unspecified atom stereocenters. The van der Waals surface area contributed by atoms with Gasteiger partial charge in [-0.05, 0) is 32.6 Å². The summed E-state index contributed by atoms with van der Waals surface area (Å²) in [7, 11) is 0. The number of hydrogen-bond acceptors (Lipinski definition) is 2. The molecule has 0 heterocycles. The summed E-state index contributed by atoms with van der Waals surface area (Å²) in [6.45, 7) is 8.07. The molecule has 2 N–H and O–H groups in total. The normalized spacial score (nSPS) is 31.2. The standard InChI is InChI=1S/C13H25NO2/c1-5-12(16)14-13(3,4)10-7-6-9(2)8-11(10)15/h9-11,15H,5-8H2,1-4H3,(H,14,16)/t9-,10-,11-/m1/s1. The van der Waals surface area contributed by atoms with Crippen molar-refractivity contribution in [2.24, 2.45) is 11.8 Å². The molecule has 1 rings (SSSR count). The third kappa shape index (κ3) is 3.21. The third-order valence-electron chi connectivity index (χ3n) is 3.79. The van der Waals surface area contributed by atoms with Crippen LogP contribution in [-0.2, 0) is 4.79 Å². The van der Waals surface area contributed by atoms with Crippen molar-refractivity contribution < 1.29 is 9.90 Å². The predicted molar refractivity (Wildman–Crippen MR) is 65.0 cm³/mol. The minimum Gasteiger partial charge on any atom is -0.393 e. The van der Waals surface area contributed by atoms with E-state index >= 15 is 0 Å². The molecule has 0 saturated heterocycles. The highest BCUT2D eigenvalue weighted by molar-refractivity contribution is 5.76. The molecule has 1 aliphatic carbocycles. The van der Waals surface area contributed by atoms with Gasteiger partial charge in [-0.2, -0.15) is 0 Å². The van der Waals surface area contributed by atoms with Gasteiger partial charge in [-0.15, -0.1) is 0 Å². The topological polar surface area (TPSA) is 49.3 Å². The average molecular weight is 227 g/mol. The number of carbonyl (C=O) groups excluding carboxylic acids is 1. The van der Waals surface area contributed by atoms with Crippen LogP contribution in [0.2, 0.25) is 0 Å². The fourth-order valence-corrected chi connectivity index (χ4v) is 2.73. The highest BCUT2D eigenvalue weighted by Gasteiger charge is 2.38. The van der Waals surface area contributed by atoms with E-state index in [-0.39, 0.29) is 23.5 Å². The molecular weight excluding hydrogens is 202 g/mol. The maximum absolute atomic E-state index is 11.4. The van der Waals surface area contributed by atoms with Crippen LogP contribution in [-0.4, -0.2) is 22.7 Å². The summed E-state index contributed by atoms with van der Waals surface area (Å²) < 4.78 is 0. The van der Waals surface area contributed by atoms with Gasteiger partial charge < -0.3 is 10.4 Å². The fraction of sp³-hybridized carbons (Fsp3) is 0.923. The monoisotopic (exact) mass is 227 g/mol. The molecule has 0 bridgehead atoms. The summed E-state index contributed by atoms with van der Waals surface area (Å²) in [6.07, 6.45) is 3.22. The van der Waals surface area contributed by atoms with E-state index in [2.05, 4.69) is 12.2 Å². The second-order valence-corrected chi connectivity index (χ2v) is 5.72. The van der Waals surface area contributed by atoms with E-state index in [4.69, 9.17) is 0 Å². The van der Waals surface area contributed by atoms with Crippen LogP contribution in [0.15, 0.2) is 0 Å². The molecule has 0 aromatic carbocycles. The van der Waals surface area contributed by atoms with E-state index < -0.39 is 0 Å². The molecule has 0 spiro atoms. The molecule has 1 amide bonds. The summed E-state index contributed by atoms with van der Waals surface area (Å²) in [5.74, 6) is 0.846. The summed E-state index contributed by atoms with van der Waals surface area (Å²) in [5, 5.41) is 13.1. The van der Waals surface area contributed by atoms with Gasteiger partial charge in [0.25, 0.3) is 0 Å². The summed E-state index contributed by atoms with van der Waals surface area (Å²) in [5.41, 5.74) is -0.299. The first-order chi connectivity index (χ1) is 7.36. The molecule has 0 radical (unpaired) electrons. The fourth-order valence-electron chi connectivity index (χ4n) is 2.73. The molecule has 1 saturated carbocycles. The van der Waals surface area contributed by atoms with Gasteiger partial charge in [0.15, 0.2) is 0 Å². The van der Waals surface area contributed by atoms with Crippen molar-refractivity contribution in [3.63, 3.8) is 0 Å². The van der Waals surface area contributed by atoms with Crippen molar-refractivity contribution in [2.75, 3.05) is 0 Å². The molecule has 3 nitrogen and oxygen atoms in total. The number of aliphatic hydroxyl groups is 1. The zero-order valence-electron chi connectivity index (χ0n) is 10.9. The molecule has 94 valence electrons. The van der Waals surface area contributed by atoms with Crippen molar-refractivity contribution in [1.82, 2.24) is 5.32 Å². The van der Waals surface area contributed by atoms with Crippen LogP contribution in [0.3, 0.4) is 0 Å². The SMILES string of the molecule is CCC(=O)NC(C)(C)[C@@H]1CC[C@@H](C)C[C@H]1O. The number of aliphatic hydroxyl groups excluding tert-OH is 1. The number of nitrogens with one attached hydrogen (secondary N) is 1. The van der Waals surface area contributed by atoms with Gasteiger partial charge in [0.05, 0.1) is 6.10 Å². The lowest BCUT2D eigenvalue weighted by molar-refractivity contribution is -0.124. The first-order valence-electron chi connectivity index (χ1n) is 6.36. The molecule has 3 atom stereocenters. The average Bonchev–Trinajstić information content (AvgIpc) is 2.16. The molecule has 16 heavy (non-hydrogen) atoms. The highest BCUT2D eigenvalue weighted by Crippen LogP contribution is 2.35. The van der Waals surface area contributed by atoms with Gasteiger partial charge in [-0.25, -0.2) is 0 Å². The van der Waals surface area contributed by atoms with E-state index in [0.29, 0.717) is 12.3 Å². The number of amides is 1. The van der Waals surface area contributed by atoms with Crippen LogP contribution in [0.4, 0.5) is 0 Å². The van der Waals surface area contributed by atoms with Crippen molar-refractivity contribution in [3.05, 3.63) is 0 Å². The Morgan fingerprint density at radius 3 is 2.56 bits per heavy atom. The lowest BCUT2D eigenvalue weighted by Crippen LogP contribution is -2.54. The van der Waals surface area contributed by atoms with Crippen LogP contribution in [0.5, 0.6) is 0 Å². The van der Waals surface area contributed by atoms with E-state index in [1.165, 1.54) is 0 Å². The molecular formula is C13H25NO2. The van der Waals surface area contributed by atoms with E-state index in [9.17, 15) is 9.90 Å². The number of hydrogen-bond donors (Lipinski definition) is 2. The van der Waals surface area contributed by atoms with Gasteiger partial charge in [-0.1, -0.05) is 20.3 Å². The van der Waals surface area contributed by atoms with Crippen LogP contribution in [0.1, 0.15) is 53.4 Å². The molecule has 1 fully saturated rings. The maximum Gasteiger partial charge on any atom is 0.220 e. The Balaban J connectivity index is 2.63. The van der Waals surface area contributed by atoms with E-state index in [1.807, 2.05) is 20.8 Å². The Morgan fingerprint density at radius 2 is 2.06 bits per heavy atom. The molecule has 3 heteroatoms. The van der Waals surface area contributed by atoms with Crippen molar-refractivity contribution in [3.8, 4) is 0 Å². The van der Waals surface area contributed by atoms with Crippen molar-refractivity contribution in [2.45, 2.75) is 65.0 Å². The summed E-state index contributed by atoms with van der Waals surface area (Å²) >= 11 is 0. The van der Waals surface area contributed by atoms with E-state index in [0.717, 1.165) is 19.3 Å². The number of rotatable bonds is 3. The van der Waals surface area contributed by atoms with E-state index in [1.54, 1.807) is 0 Å². The van der Waals surface area contributed by atoms with Gasteiger partial charge >= 0.3 is 0 Å². The quantitative estimate of drug-likeness (QED) is 0.775. The first-order valence-corrected chi connectivity index (χ1v) is 6.36. The Kier molecular flexibility index (Phi) is 4.36. The zero-order valence-corrected chi connectivity index (χ0v) is 10.9. The second kappa shape index (κ2) is 5.17. The Bertz CT molecular complexity index is 250. The van der Waals surface area contributed by atoms with Crippen LogP contribution in [0, 0.1) is 11.8 Å². The highest BCUT2D eigenvalue weighted by atomic mass is 16.3. The lowest BCUT2D eigenvalue weighted by atomic mass is 9.72. The summed E-state index contributed by atoms with van der Waals surface area (Å²) in [6, 6.07) is 0. The smallest absolute Gasteiger partial charge is 0.220 e. The molecule has 0 aromatic heterocycles.